The van der Waals surface area contributed by atoms with Gasteiger partial charge >= 0.3 is 6.03 Å². The van der Waals surface area contributed by atoms with Crippen molar-refractivity contribution in [3.05, 3.63) is 42.6 Å². The van der Waals surface area contributed by atoms with Gasteiger partial charge in [0.2, 0.25) is 5.91 Å². The fourth-order valence-electron chi connectivity index (χ4n) is 2.50. The summed E-state index contributed by atoms with van der Waals surface area (Å²) < 4.78 is 12.8. The topological polar surface area (TPSA) is 107 Å². The number of hydrogen-bond donors (Lipinski definition) is 2. The van der Waals surface area contributed by atoms with Crippen molar-refractivity contribution in [1.82, 2.24) is 19.9 Å². The molecule has 0 aliphatic carbocycles. The molecule has 0 bridgehead atoms. The summed E-state index contributed by atoms with van der Waals surface area (Å²) in [6, 6.07) is 9.92. The van der Waals surface area contributed by atoms with Gasteiger partial charge in [-0.1, -0.05) is 17.8 Å². The molecule has 0 aliphatic rings. The van der Waals surface area contributed by atoms with Crippen molar-refractivity contribution < 1.29 is 19.1 Å². The maximum Gasteiger partial charge on any atom is 0.325 e. The number of amides is 3. The zero-order valence-corrected chi connectivity index (χ0v) is 16.9. The standard InChI is InChI=1S/C19H21N5O4S/c1-3-27-14-9-8-13(11-15(14)28-4-2)20-18(26)21-17(25)12-29-19-23-22-16-7-5-6-10-24(16)19/h5-11H,3-4,12H2,1-2H3,(H2,20,21,25,26). The number of pyridine rings is 1. The second-order valence-corrected chi connectivity index (χ2v) is 6.67. The van der Waals surface area contributed by atoms with Gasteiger partial charge in [0, 0.05) is 18.0 Å². The van der Waals surface area contributed by atoms with Gasteiger partial charge < -0.3 is 14.8 Å². The van der Waals surface area contributed by atoms with Gasteiger partial charge in [0.1, 0.15) is 0 Å². The second-order valence-electron chi connectivity index (χ2n) is 5.73. The highest BCUT2D eigenvalue weighted by molar-refractivity contribution is 7.99. The third-order valence-electron chi connectivity index (χ3n) is 3.67. The first kappa shape index (κ1) is 20.5. The quantitative estimate of drug-likeness (QED) is 0.545. The maximum atomic E-state index is 12.1. The zero-order valence-electron chi connectivity index (χ0n) is 16.0. The average molecular weight is 415 g/mol. The van der Waals surface area contributed by atoms with Gasteiger partial charge in [0.25, 0.3) is 0 Å². The molecule has 3 aromatic rings. The predicted molar refractivity (Wildman–Crippen MR) is 110 cm³/mol. The van der Waals surface area contributed by atoms with Crippen LogP contribution in [0.5, 0.6) is 11.5 Å². The lowest BCUT2D eigenvalue weighted by Gasteiger charge is -2.13. The number of hydrogen-bond acceptors (Lipinski definition) is 7. The van der Waals surface area contributed by atoms with Crippen molar-refractivity contribution in [3.63, 3.8) is 0 Å². The van der Waals surface area contributed by atoms with E-state index in [-0.39, 0.29) is 5.75 Å². The molecule has 0 aliphatic heterocycles. The van der Waals surface area contributed by atoms with E-state index in [1.165, 1.54) is 11.8 Å². The van der Waals surface area contributed by atoms with Crippen molar-refractivity contribution in [2.75, 3.05) is 24.3 Å². The molecule has 0 saturated heterocycles. The van der Waals surface area contributed by atoms with Crippen LogP contribution in [0.4, 0.5) is 10.5 Å². The van der Waals surface area contributed by atoms with Gasteiger partial charge in [-0.25, -0.2) is 4.79 Å². The van der Waals surface area contributed by atoms with Crippen molar-refractivity contribution >= 4 is 35.0 Å². The molecule has 1 aromatic carbocycles. The fourth-order valence-corrected chi connectivity index (χ4v) is 3.23. The van der Waals surface area contributed by atoms with Gasteiger partial charge in [-0.3, -0.25) is 14.5 Å². The van der Waals surface area contributed by atoms with E-state index in [1.54, 1.807) is 22.6 Å². The van der Waals surface area contributed by atoms with Crippen LogP contribution in [0.25, 0.3) is 5.65 Å². The molecule has 3 amide bonds. The smallest absolute Gasteiger partial charge is 0.325 e. The molecule has 0 saturated carbocycles. The Morgan fingerprint density at radius 3 is 2.66 bits per heavy atom. The minimum atomic E-state index is -0.631. The number of thioether (sulfide) groups is 1. The normalized spacial score (nSPS) is 10.6. The molecular formula is C19H21N5O4S. The Labute approximate surface area is 171 Å². The van der Waals surface area contributed by atoms with E-state index < -0.39 is 11.9 Å². The van der Waals surface area contributed by atoms with Gasteiger partial charge in [-0.2, -0.15) is 0 Å². The lowest BCUT2D eigenvalue weighted by molar-refractivity contribution is -0.117. The van der Waals surface area contributed by atoms with Crippen molar-refractivity contribution in [1.29, 1.82) is 0 Å². The van der Waals surface area contributed by atoms with Crippen LogP contribution < -0.4 is 20.1 Å². The highest BCUT2D eigenvalue weighted by Crippen LogP contribution is 2.30. The van der Waals surface area contributed by atoms with Crippen LogP contribution in [0.15, 0.2) is 47.8 Å². The Bertz CT molecular complexity index is 1010. The number of fused-ring (bicyclic) bond motifs is 1. The lowest BCUT2D eigenvalue weighted by atomic mass is 10.2. The third kappa shape index (κ3) is 5.38. The summed E-state index contributed by atoms with van der Waals surface area (Å²) in [5.41, 5.74) is 1.17. The van der Waals surface area contributed by atoms with Crippen LogP contribution in [0.2, 0.25) is 0 Å². The number of urea groups is 1. The highest BCUT2D eigenvalue weighted by Gasteiger charge is 2.13. The number of nitrogens with zero attached hydrogens (tertiary/aromatic N) is 3. The number of carbonyl (C=O) groups is 2. The number of carbonyl (C=O) groups excluding carboxylic acids is 2. The summed E-state index contributed by atoms with van der Waals surface area (Å²) in [6.07, 6.45) is 1.81. The molecule has 0 spiro atoms. The first-order valence-corrected chi connectivity index (χ1v) is 10.0. The average Bonchev–Trinajstić information content (AvgIpc) is 3.12. The summed E-state index contributed by atoms with van der Waals surface area (Å²) in [4.78, 5) is 24.2. The van der Waals surface area contributed by atoms with Crippen LogP contribution in [0, 0.1) is 0 Å². The summed E-state index contributed by atoms with van der Waals surface area (Å²) in [5.74, 6) is 0.688. The number of rotatable bonds is 8. The Hall–Kier alpha value is -3.27. The van der Waals surface area contributed by atoms with E-state index in [0.717, 1.165) is 0 Å². The van der Waals surface area contributed by atoms with Crippen LogP contribution in [0.1, 0.15) is 13.8 Å². The Morgan fingerprint density at radius 1 is 1.07 bits per heavy atom. The number of nitrogens with one attached hydrogen (secondary N) is 2. The van der Waals surface area contributed by atoms with E-state index in [4.69, 9.17) is 9.47 Å². The summed E-state index contributed by atoms with van der Waals surface area (Å²) in [5, 5.41) is 13.5. The molecule has 2 aromatic heterocycles. The molecule has 0 atom stereocenters. The molecule has 152 valence electrons. The van der Waals surface area contributed by atoms with Crippen molar-refractivity contribution in [3.8, 4) is 11.5 Å². The van der Waals surface area contributed by atoms with Crippen LogP contribution in [-0.4, -0.2) is 45.5 Å². The molecular weight excluding hydrogens is 394 g/mol. The lowest BCUT2D eigenvalue weighted by Crippen LogP contribution is -2.35. The second kappa shape index (κ2) is 9.78. The summed E-state index contributed by atoms with van der Waals surface area (Å²) >= 11 is 1.19. The number of ether oxygens (including phenoxy) is 2. The van der Waals surface area contributed by atoms with E-state index in [1.807, 2.05) is 38.2 Å². The van der Waals surface area contributed by atoms with Crippen LogP contribution >= 0.6 is 11.8 Å². The minimum Gasteiger partial charge on any atom is -0.490 e. The minimum absolute atomic E-state index is 0.0244. The van der Waals surface area contributed by atoms with Gasteiger partial charge in [0.15, 0.2) is 22.3 Å². The highest BCUT2D eigenvalue weighted by atomic mass is 32.2. The Kier molecular flexibility index (Phi) is 6.90. The van der Waals surface area contributed by atoms with Crippen molar-refractivity contribution in [2.45, 2.75) is 19.0 Å². The molecule has 3 rings (SSSR count). The largest absolute Gasteiger partial charge is 0.490 e. The number of aromatic nitrogens is 3. The third-order valence-corrected chi connectivity index (χ3v) is 4.61. The van der Waals surface area contributed by atoms with Gasteiger partial charge in [-0.15, -0.1) is 10.2 Å². The monoisotopic (exact) mass is 415 g/mol. The first-order chi connectivity index (χ1) is 14.1. The van der Waals surface area contributed by atoms with E-state index in [0.29, 0.717) is 41.2 Å². The summed E-state index contributed by atoms with van der Waals surface area (Å²) in [6.45, 7) is 4.70. The van der Waals surface area contributed by atoms with Gasteiger partial charge in [-0.05, 0) is 38.1 Å². The summed E-state index contributed by atoms with van der Waals surface area (Å²) in [7, 11) is 0. The van der Waals surface area contributed by atoms with Crippen molar-refractivity contribution in [2.24, 2.45) is 0 Å². The molecule has 0 unspecified atom stereocenters. The SMILES string of the molecule is CCOc1ccc(NC(=O)NC(=O)CSc2nnc3ccccn23)cc1OCC. The van der Waals surface area contributed by atoms with E-state index in [9.17, 15) is 9.59 Å². The number of benzene rings is 1. The Morgan fingerprint density at radius 2 is 1.86 bits per heavy atom. The molecule has 9 nitrogen and oxygen atoms in total. The molecule has 2 heterocycles. The first-order valence-electron chi connectivity index (χ1n) is 9.03. The zero-order chi connectivity index (χ0) is 20.6. The number of imide groups is 1. The molecule has 2 N–H and O–H groups in total. The van der Waals surface area contributed by atoms with Gasteiger partial charge in [0.05, 0.1) is 19.0 Å². The molecule has 29 heavy (non-hydrogen) atoms. The van der Waals surface area contributed by atoms with Crippen LogP contribution in [-0.2, 0) is 4.79 Å². The Balaban J connectivity index is 1.54. The number of anilines is 1. The maximum absolute atomic E-state index is 12.1. The molecule has 10 heteroatoms. The van der Waals surface area contributed by atoms with E-state index in [2.05, 4.69) is 20.8 Å². The molecule has 0 radical (unpaired) electrons. The fraction of sp³-hybridized carbons (Fsp3) is 0.263. The van der Waals surface area contributed by atoms with E-state index >= 15 is 0 Å². The predicted octanol–water partition coefficient (Wildman–Crippen LogP) is 2.97. The van der Waals surface area contributed by atoms with Crippen LogP contribution in [0.3, 0.4) is 0 Å². The molecule has 0 fully saturated rings.